The Labute approximate surface area is 431 Å². The number of nitrogens with zero attached hydrogens (tertiary/aromatic N) is 5. The number of halogens is 1. The van der Waals surface area contributed by atoms with Crippen molar-refractivity contribution in [2.75, 3.05) is 60.5 Å². The molecule has 4 saturated heterocycles. The molecule has 4 fully saturated rings. The minimum atomic E-state index is -1.26. The summed E-state index contributed by atoms with van der Waals surface area (Å²) in [5.74, 6) is 1.68. The zero-order chi connectivity index (χ0) is 50.5. The highest BCUT2D eigenvalue weighted by Gasteiger charge is 2.44. The lowest BCUT2D eigenvalue weighted by atomic mass is 9.90. The standard InChI is InChI=1S/C55H60FN9O8S/c1-69-30-59-48(31-13-18-71-19-14-31)52(66)63-17-5-7-42(63)50-57-28-40(60-50)34-9-11-38-43-23-36-22-33(10-12-41(36)65(43)54(73-45(38)24-34)47-25-35-6-3-4-8-46(35)74-47)39-27-58-51(61-39)44-26-37(56)29-64(44)53(67)49(62-55(68)70-2)32-15-20-72-21-16-32/h3-4,6,8-12,22-25,27-28,31-32,37,42,44,48-49,54,59H,5,7,13-21,26,29-30H2,1-2H3,(H,57,60)(H,58,61)(H,62,68)/t37-,42+,44+,48+,49+,54?/m1/s1. The SMILES string of the molecule is COCN[C@H](C(=O)N1CCC[C@H]1c1ncc(-c2ccc3c(c2)OC(c2cc4ccccc4s2)n2c-3cc3cc(-c4cnc([C@@H]5C[C@@H](F)CN5C(=O)[C@@H](NC(=O)OC)C5CCOCC5)[nH]4)ccc32)[nH]1)C1CCOCC1. The number of amides is 3. The molecule has 0 radical (unpaired) electrons. The normalized spacial score (nSPS) is 22.1. The van der Waals surface area contributed by atoms with E-state index in [-0.39, 0.29) is 48.7 Å². The molecule has 386 valence electrons. The number of likely N-dealkylation sites (tertiary alicyclic amines) is 2. The maximum Gasteiger partial charge on any atom is 0.407 e. The fourth-order valence-corrected chi connectivity index (χ4v) is 13.0. The summed E-state index contributed by atoms with van der Waals surface area (Å²) >= 11 is 1.71. The lowest BCUT2D eigenvalue weighted by Crippen LogP contribution is -2.53. The van der Waals surface area contributed by atoms with Gasteiger partial charge in [-0.2, -0.15) is 0 Å². The van der Waals surface area contributed by atoms with Crippen LogP contribution in [-0.2, 0) is 28.5 Å². The van der Waals surface area contributed by atoms with Gasteiger partial charge in [0.25, 0.3) is 0 Å². The van der Waals surface area contributed by atoms with Gasteiger partial charge < -0.3 is 48.8 Å². The monoisotopic (exact) mass is 1030 g/mol. The number of hydrogen-bond donors (Lipinski definition) is 4. The quantitative estimate of drug-likeness (QED) is 0.0809. The molecule has 4 aromatic heterocycles. The average Bonchev–Trinajstić information content (AvgIpc) is 4.31. The van der Waals surface area contributed by atoms with Gasteiger partial charge in [0.2, 0.25) is 18.0 Å². The number of ether oxygens (including phenoxy) is 5. The maximum atomic E-state index is 15.3. The number of hydrogen-bond acceptors (Lipinski definition) is 12. The molecule has 0 spiro atoms. The highest BCUT2D eigenvalue weighted by molar-refractivity contribution is 7.19. The number of thiophene rings is 1. The molecule has 0 aliphatic carbocycles. The Morgan fingerprint density at radius 3 is 2.22 bits per heavy atom. The Kier molecular flexibility index (Phi) is 13.4. The van der Waals surface area contributed by atoms with Crippen molar-refractivity contribution in [2.45, 2.75) is 81.5 Å². The first-order chi connectivity index (χ1) is 36.2. The number of H-pyrrole nitrogens is 2. The van der Waals surface area contributed by atoms with Gasteiger partial charge in [-0.1, -0.05) is 30.3 Å². The highest BCUT2D eigenvalue weighted by atomic mass is 32.1. The molecular formula is C55H60FN9O8S. The van der Waals surface area contributed by atoms with Crippen molar-refractivity contribution >= 4 is 50.2 Å². The van der Waals surface area contributed by atoms with Gasteiger partial charge in [0.05, 0.1) is 78.4 Å². The number of carbonyl (C=O) groups excluding carboxylic acids is 3. The van der Waals surface area contributed by atoms with Crippen molar-refractivity contribution in [3.63, 3.8) is 0 Å². The van der Waals surface area contributed by atoms with Crippen molar-refractivity contribution in [3.05, 3.63) is 102 Å². The molecule has 9 heterocycles. The van der Waals surface area contributed by atoms with Crippen LogP contribution in [0.3, 0.4) is 0 Å². The van der Waals surface area contributed by atoms with Gasteiger partial charge >= 0.3 is 6.09 Å². The first-order valence-corrected chi connectivity index (χ1v) is 26.6. The topological polar surface area (TPSA) is 190 Å². The third-order valence-corrected chi connectivity index (χ3v) is 16.8. The second-order valence-corrected chi connectivity index (χ2v) is 21.2. The molecule has 7 aromatic rings. The lowest BCUT2D eigenvalue weighted by Gasteiger charge is -2.34. The number of aromatic nitrogens is 5. The second kappa shape index (κ2) is 20.6. The smallest absolute Gasteiger partial charge is 0.407 e. The molecule has 3 aromatic carbocycles. The van der Waals surface area contributed by atoms with E-state index in [2.05, 4.69) is 85.8 Å². The van der Waals surface area contributed by atoms with E-state index in [0.29, 0.717) is 58.4 Å². The summed E-state index contributed by atoms with van der Waals surface area (Å²) in [6.07, 6.45) is 5.74. The van der Waals surface area contributed by atoms with Crippen LogP contribution in [0.25, 0.3) is 54.8 Å². The molecule has 19 heteroatoms. The van der Waals surface area contributed by atoms with Gasteiger partial charge in [-0.3, -0.25) is 19.5 Å². The third-order valence-electron chi connectivity index (χ3n) is 15.7. The second-order valence-electron chi connectivity index (χ2n) is 20.1. The van der Waals surface area contributed by atoms with Gasteiger partial charge in [0, 0.05) is 73.3 Å². The molecule has 0 bridgehead atoms. The van der Waals surface area contributed by atoms with Crippen LogP contribution in [0.5, 0.6) is 5.75 Å². The van der Waals surface area contributed by atoms with E-state index in [4.69, 9.17) is 33.7 Å². The minimum Gasteiger partial charge on any atom is -0.464 e. The van der Waals surface area contributed by atoms with E-state index in [1.807, 2.05) is 23.2 Å². The number of carbonyl (C=O) groups is 3. The van der Waals surface area contributed by atoms with E-state index in [1.54, 1.807) is 24.6 Å². The molecular weight excluding hydrogens is 966 g/mol. The van der Waals surface area contributed by atoms with Gasteiger partial charge in [-0.05, 0) is 98.2 Å². The average molecular weight is 1030 g/mol. The summed E-state index contributed by atoms with van der Waals surface area (Å²) in [6, 6.07) is 23.2. The lowest BCUT2D eigenvalue weighted by molar-refractivity contribution is -0.138. The molecule has 12 rings (SSSR count). The molecule has 5 aliphatic heterocycles. The van der Waals surface area contributed by atoms with E-state index >= 15 is 4.39 Å². The fourth-order valence-electron chi connectivity index (χ4n) is 11.9. The number of nitrogens with one attached hydrogen (secondary N) is 4. The van der Waals surface area contributed by atoms with Gasteiger partial charge in [-0.15, -0.1) is 11.3 Å². The Hall–Kier alpha value is -6.64. The zero-order valence-electron chi connectivity index (χ0n) is 41.4. The highest BCUT2D eigenvalue weighted by Crippen LogP contribution is 2.48. The van der Waals surface area contributed by atoms with E-state index < -0.39 is 30.6 Å². The van der Waals surface area contributed by atoms with Crippen LogP contribution in [0, 0.1) is 11.8 Å². The molecule has 5 aliphatic rings. The number of imidazole rings is 2. The number of benzene rings is 3. The predicted octanol–water partition coefficient (Wildman–Crippen LogP) is 8.66. The number of rotatable bonds is 13. The maximum absolute atomic E-state index is 15.3. The van der Waals surface area contributed by atoms with Crippen LogP contribution in [0.4, 0.5) is 9.18 Å². The van der Waals surface area contributed by atoms with Crippen molar-refractivity contribution in [3.8, 4) is 39.5 Å². The number of aromatic amines is 2. The van der Waals surface area contributed by atoms with Crippen molar-refractivity contribution in [1.82, 2.24) is 44.9 Å². The summed E-state index contributed by atoms with van der Waals surface area (Å²) in [4.78, 5) is 62.2. The van der Waals surface area contributed by atoms with Gasteiger partial charge in [-0.25, -0.2) is 19.2 Å². The number of methoxy groups -OCH3 is 2. The van der Waals surface area contributed by atoms with Gasteiger partial charge in [0.1, 0.15) is 29.6 Å². The summed E-state index contributed by atoms with van der Waals surface area (Å²) in [6.45, 7) is 3.10. The number of alkyl carbamates (subject to hydrolysis) is 1. The van der Waals surface area contributed by atoms with Crippen LogP contribution in [0.2, 0.25) is 0 Å². The van der Waals surface area contributed by atoms with Crippen LogP contribution in [0.1, 0.15) is 79.8 Å². The Morgan fingerprint density at radius 1 is 0.797 bits per heavy atom. The summed E-state index contributed by atoms with van der Waals surface area (Å²) in [5, 5.41) is 8.25. The number of fused-ring (bicyclic) bond motifs is 6. The van der Waals surface area contributed by atoms with E-state index in [1.165, 1.54) is 16.7 Å². The third kappa shape index (κ3) is 9.11. The summed E-state index contributed by atoms with van der Waals surface area (Å²) < 4.78 is 47.3. The molecule has 74 heavy (non-hydrogen) atoms. The first-order valence-electron chi connectivity index (χ1n) is 25.8. The van der Waals surface area contributed by atoms with Crippen LogP contribution in [0.15, 0.2) is 85.2 Å². The summed E-state index contributed by atoms with van der Waals surface area (Å²) in [7, 11) is 2.89. The largest absolute Gasteiger partial charge is 0.464 e. The zero-order valence-corrected chi connectivity index (χ0v) is 42.2. The Balaban J connectivity index is 0.842. The predicted molar refractivity (Wildman–Crippen MR) is 276 cm³/mol. The van der Waals surface area contributed by atoms with E-state index in [9.17, 15) is 14.4 Å². The molecule has 17 nitrogen and oxygen atoms in total. The van der Waals surface area contributed by atoms with Crippen molar-refractivity contribution in [1.29, 1.82) is 0 Å². The first kappa shape index (κ1) is 48.3. The molecule has 3 amide bonds. The summed E-state index contributed by atoms with van der Waals surface area (Å²) in [5.41, 5.74) is 6.27. The minimum absolute atomic E-state index is 0.0767. The molecule has 0 saturated carbocycles. The molecule has 6 atom stereocenters. The number of alkyl halides is 1. The molecule has 4 N–H and O–H groups in total. The van der Waals surface area contributed by atoms with Crippen LogP contribution >= 0.6 is 11.3 Å². The Morgan fingerprint density at radius 2 is 1.49 bits per heavy atom. The Bertz CT molecular complexity index is 3160. The molecule has 1 unspecified atom stereocenters. The van der Waals surface area contributed by atoms with Crippen molar-refractivity contribution in [2.24, 2.45) is 11.8 Å². The van der Waals surface area contributed by atoms with Gasteiger partial charge in [0.15, 0.2) is 0 Å². The van der Waals surface area contributed by atoms with Crippen LogP contribution < -0.4 is 15.4 Å². The fraction of sp³-hybridized carbons (Fsp3) is 0.436. The van der Waals surface area contributed by atoms with E-state index in [0.717, 1.165) is 92.2 Å². The van der Waals surface area contributed by atoms with Crippen molar-refractivity contribution < 1.29 is 42.5 Å². The van der Waals surface area contributed by atoms with Crippen LogP contribution in [-0.4, -0.2) is 131 Å².